The van der Waals surface area contributed by atoms with Gasteiger partial charge in [0, 0.05) is 27.7 Å². The monoisotopic (exact) mass is 345 g/mol. The van der Waals surface area contributed by atoms with E-state index in [2.05, 4.69) is 23.5 Å². The molecule has 23 heavy (non-hydrogen) atoms. The highest BCUT2D eigenvalue weighted by molar-refractivity contribution is 6.35. The number of ether oxygens (including phenoxy) is 1. The van der Waals surface area contributed by atoms with Crippen LogP contribution in [0.4, 0.5) is 0 Å². The van der Waals surface area contributed by atoms with Gasteiger partial charge in [0.2, 0.25) is 0 Å². The Kier molecular flexibility index (Phi) is 5.06. The molecule has 0 aliphatic carbocycles. The molecular weight excluding hydrogens is 329 g/mol. The second-order valence-electron chi connectivity index (χ2n) is 5.28. The van der Waals surface area contributed by atoms with Crippen molar-refractivity contribution in [2.45, 2.75) is 13.2 Å². The largest absolute Gasteiger partial charge is 0.488 e. The van der Waals surface area contributed by atoms with Gasteiger partial charge in [-0.15, -0.1) is 0 Å². The summed E-state index contributed by atoms with van der Waals surface area (Å²) in [4.78, 5) is 0. The van der Waals surface area contributed by atoms with Crippen molar-refractivity contribution in [2.24, 2.45) is 0 Å². The van der Waals surface area contributed by atoms with Crippen molar-refractivity contribution in [3.63, 3.8) is 0 Å². The van der Waals surface area contributed by atoms with E-state index in [1.165, 1.54) is 10.8 Å². The van der Waals surface area contributed by atoms with Crippen LogP contribution < -0.4 is 10.1 Å². The smallest absolute Gasteiger partial charge is 0.124 e. The van der Waals surface area contributed by atoms with E-state index in [4.69, 9.17) is 27.9 Å². The number of rotatable bonds is 5. The molecule has 3 aromatic carbocycles. The van der Waals surface area contributed by atoms with Gasteiger partial charge in [0.1, 0.15) is 12.4 Å². The predicted octanol–water partition coefficient (Wildman–Crippen LogP) is 5.45. The molecule has 0 bridgehead atoms. The molecule has 0 atom stereocenters. The van der Waals surface area contributed by atoms with Crippen molar-refractivity contribution in [2.75, 3.05) is 7.05 Å². The molecule has 0 saturated heterocycles. The Morgan fingerprint density at radius 2 is 1.61 bits per heavy atom. The van der Waals surface area contributed by atoms with Crippen molar-refractivity contribution < 1.29 is 4.74 Å². The molecule has 0 radical (unpaired) electrons. The standard InChI is InChI=1S/C19H17Cl2NO/c1-22-11-15-14-6-3-2-5-13(14)9-10-19(15)23-12-16-17(20)7-4-8-18(16)21/h2-10,22H,11-12H2,1H3. The van der Waals surface area contributed by atoms with Crippen molar-refractivity contribution in [1.29, 1.82) is 0 Å². The highest BCUT2D eigenvalue weighted by Gasteiger charge is 2.11. The lowest BCUT2D eigenvalue weighted by atomic mass is 10.0. The molecule has 0 fully saturated rings. The fourth-order valence-corrected chi connectivity index (χ4v) is 3.14. The topological polar surface area (TPSA) is 21.3 Å². The zero-order valence-corrected chi connectivity index (χ0v) is 14.3. The molecule has 1 N–H and O–H groups in total. The molecule has 0 heterocycles. The number of hydrogen-bond acceptors (Lipinski definition) is 2. The molecule has 0 aliphatic rings. The molecule has 0 spiro atoms. The van der Waals surface area contributed by atoms with E-state index in [0.29, 0.717) is 16.7 Å². The van der Waals surface area contributed by atoms with Crippen LogP contribution in [0.25, 0.3) is 10.8 Å². The Morgan fingerprint density at radius 1 is 0.870 bits per heavy atom. The summed E-state index contributed by atoms with van der Waals surface area (Å²) in [5.41, 5.74) is 1.94. The highest BCUT2D eigenvalue weighted by Crippen LogP contribution is 2.31. The van der Waals surface area contributed by atoms with Crippen molar-refractivity contribution in [3.8, 4) is 5.75 Å². The van der Waals surface area contributed by atoms with Crippen LogP contribution in [0.15, 0.2) is 54.6 Å². The Hall–Kier alpha value is -1.74. The summed E-state index contributed by atoms with van der Waals surface area (Å²) in [6.45, 7) is 1.07. The molecule has 3 aromatic rings. The molecule has 0 unspecified atom stereocenters. The zero-order chi connectivity index (χ0) is 16.2. The Balaban J connectivity index is 1.95. The maximum absolute atomic E-state index is 6.21. The molecule has 0 amide bonds. The molecule has 4 heteroatoms. The van der Waals surface area contributed by atoms with Crippen LogP contribution in [-0.2, 0) is 13.2 Å². The lowest BCUT2D eigenvalue weighted by Crippen LogP contribution is -2.08. The number of benzene rings is 3. The van der Waals surface area contributed by atoms with Gasteiger partial charge in [-0.25, -0.2) is 0 Å². The maximum atomic E-state index is 6.21. The van der Waals surface area contributed by atoms with Gasteiger partial charge >= 0.3 is 0 Å². The van der Waals surface area contributed by atoms with E-state index in [9.17, 15) is 0 Å². The van der Waals surface area contributed by atoms with Crippen LogP contribution in [0.5, 0.6) is 5.75 Å². The first-order valence-corrected chi connectivity index (χ1v) is 8.17. The summed E-state index contributed by atoms with van der Waals surface area (Å²) >= 11 is 12.4. The van der Waals surface area contributed by atoms with Gasteiger partial charge in [-0.2, -0.15) is 0 Å². The second-order valence-corrected chi connectivity index (χ2v) is 6.10. The minimum Gasteiger partial charge on any atom is -0.488 e. The minimum absolute atomic E-state index is 0.341. The molecule has 118 valence electrons. The van der Waals surface area contributed by atoms with E-state index in [-0.39, 0.29) is 0 Å². The Morgan fingerprint density at radius 3 is 2.35 bits per heavy atom. The number of halogens is 2. The second kappa shape index (κ2) is 7.22. The summed E-state index contributed by atoms with van der Waals surface area (Å²) in [6, 6.07) is 17.8. The molecular formula is C19H17Cl2NO. The van der Waals surface area contributed by atoms with Gasteiger partial charge in [0.05, 0.1) is 0 Å². The fourth-order valence-electron chi connectivity index (χ4n) is 2.63. The Bertz CT molecular complexity index is 812. The molecule has 0 saturated carbocycles. The van der Waals surface area contributed by atoms with Crippen LogP contribution in [-0.4, -0.2) is 7.05 Å². The lowest BCUT2D eigenvalue weighted by Gasteiger charge is -2.15. The first-order chi connectivity index (χ1) is 11.2. The summed E-state index contributed by atoms with van der Waals surface area (Å²) in [6.07, 6.45) is 0. The highest BCUT2D eigenvalue weighted by atomic mass is 35.5. The molecule has 0 aliphatic heterocycles. The summed E-state index contributed by atoms with van der Waals surface area (Å²) in [5, 5.41) is 6.82. The van der Waals surface area contributed by atoms with Gasteiger partial charge in [0.25, 0.3) is 0 Å². The third-order valence-electron chi connectivity index (χ3n) is 3.78. The summed E-state index contributed by atoms with van der Waals surface area (Å²) in [7, 11) is 1.93. The van der Waals surface area contributed by atoms with E-state index >= 15 is 0 Å². The fraction of sp³-hybridized carbons (Fsp3) is 0.158. The van der Waals surface area contributed by atoms with E-state index < -0.39 is 0 Å². The van der Waals surface area contributed by atoms with Crippen molar-refractivity contribution in [3.05, 3.63) is 75.8 Å². The van der Waals surface area contributed by atoms with E-state index in [0.717, 1.165) is 23.4 Å². The average molecular weight is 346 g/mol. The number of nitrogens with one attached hydrogen (secondary N) is 1. The van der Waals surface area contributed by atoms with Crippen molar-refractivity contribution >= 4 is 34.0 Å². The third-order valence-corrected chi connectivity index (χ3v) is 4.49. The van der Waals surface area contributed by atoms with Crippen LogP contribution in [0.2, 0.25) is 10.0 Å². The minimum atomic E-state index is 0.341. The lowest BCUT2D eigenvalue weighted by molar-refractivity contribution is 0.303. The normalized spacial score (nSPS) is 10.9. The first kappa shape index (κ1) is 16.1. The molecule has 2 nitrogen and oxygen atoms in total. The van der Waals surface area contributed by atoms with Crippen LogP contribution in [0, 0.1) is 0 Å². The summed E-state index contributed by atoms with van der Waals surface area (Å²) < 4.78 is 6.04. The van der Waals surface area contributed by atoms with Gasteiger partial charge in [0.15, 0.2) is 0 Å². The first-order valence-electron chi connectivity index (χ1n) is 7.41. The van der Waals surface area contributed by atoms with Gasteiger partial charge in [-0.1, -0.05) is 59.6 Å². The predicted molar refractivity (Wildman–Crippen MR) is 97.5 cm³/mol. The van der Waals surface area contributed by atoms with Gasteiger partial charge < -0.3 is 10.1 Å². The van der Waals surface area contributed by atoms with Crippen LogP contribution in [0.3, 0.4) is 0 Å². The molecule has 0 aromatic heterocycles. The number of hydrogen-bond donors (Lipinski definition) is 1. The van der Waals surface area contributed by atoms with Crippen molar-refractivity contribution in [1.82, 2.24) is 5.32 Å². The SMILES string of the molecule is CNCc1c(OCc2c(Cl)cccc2Cl)ccc2ccccc12. The van der Waals surface area contributed by atoms with Gasteiger partial charge in [-0.05, 0) is 36.0 Å². The Labute approximate surface area is 146 Å². The maximum Gasteiger partial charge on any atom is 0.124 e. The zero-order valence-electron chi connectivity index (χ0n) is 12.8. The number of fused-ring (bicyclic) bond motifs is 1. The summed E-state index contributed by atoms with van der Waals surface area (Å²) in [5.74, 6) is 0.842. The molecule has 3 rings (SSSR count). The quantitative estimate of drug-likeness (QED) is 0.664. The van der Waals surface area contributed by atoms with E-state index in [1.54, 1.807) is 0 Å². The third kappa shape index (κ3) is 3.45. The van der Waals surface area contributed by atoms with E-state index in [1.807, 2.05) is 43.4 Å². The average Bonchev–Trinajstić information content (AvgIpc) is 2.56. The van der Waals surface area contributed by atoms with Crippen LogP contribution >= 0.6 is 23.2 Å². The van der Waals surface area contributed by atoms with Crippen LogP contribution in [0.1, 0.15) is 11.1 Å². The van der Waals surface area contributed by atoms with Gasteiger partial charge in [-0.3, -0.25) is 0 Å².